The van der Waals surface area contributed by atoms with Gasteiger partial charge in [0.15, 0.2) is 0 Å². The number of carbonyl (C=O) groups excluding carboxylic acids is 2. The molecule has 0 bridgehead atoms. The Kier molecular flexibility index (Phi) is 8.08. The number of pyridine rings is 1. The molecule has 2 amide bonds. The molecule has 0 radical (unpaired) electrons. The van der Waals surface area contributed by atoms with Gasteiger partial charge < -0.3 is 24.2 Å². The second kappa shape index (κ2) is 11.5. The van der Waals surface area contributed by atoms with E-state index in [1.165, 1.54) is 0 Å². The minimum absolute atomic E-state index is 0.102. The highest BCUT2D eigenvalue weighted by Gasteiger charge is 2.53. The van der Waals surface area contributed by atoms with Crippen molar-refractivity contribution in [3.8, 4) is 11.5 Å². The summed E-state index contributed by atoms with van der Waals surface area (Å²) in [4.78, 5) is 37.3. The van der Waals surface area contributed by atoms with Gasteiger partial charge >= 0.3 is 0 Å². The first-order valence-electron chi connectivity index (χ1n) is 13.8. The number of hydrogen-bond acceptors (Lipinski definition) is 6. The van der Waals surface area contributed by atoms with Gasteiger partial charge in [-0.25, -0.2) is 4.98 Å². The molecule has 0 unspecified atom stereocenters. The van der Waals surface area contributed by atoms with E-state index in [-0.39, 0.29) is 11.8 Å². The molecule has 0 spiro atoms. The Morgan fingerprint density at radius 2 is 1.77 bits per heavy atom. The summed E-state index contributed by atoms with van der Waals surface area (Å²) in [5.41, 5.74) is 2.08. The molecule has 1 aromatic heterocycles. The number of anilines is 1. The van der Waals surface area contributed by atoms with Gasteiger partial charge in [-0.2, -0.15) is 0 Å². The van der Waals surface area contributed by atoms with Crippen molar-refractivity contribution in [3.05, 3.63) is 58.6 Å². The zero-order chi connectivity index (χ0) is 28.4. The van der Waals surface area contributed by atoms with Gasteiger partial charge in [0.25, 0.3) is 0 Å². The first-order chi connectivity index (χ1) is 19.3. The lowest BCUT2D eigenvalue weighted by atomic mass is 9.94. The minimum Gasteiger partial charge on any atom is -0.496 e. The number of rotatable bonds is 11. The number of amides is 2. The van der Waals surface area contributed by atoms with E-state index in [1.54, 1.807) is 14.2 Å². The van der Waals surface area contributed by atoms with Crippen LogP contribution >= 0.6 is 11.6 Å². The Morgan fingerprint density at radius 1 is 1.07 bits per heavy atom. The minimum atomic E-state index is -0.544. The van der Waals surface area contributed by atoms with E-state index < -0.39 is 5.41 Å². The van der Waals surface area contributed by atoms with E-state index in [0.29, 0.717) is 54.5 Å². The van der Waals surface area contributed by atoms with Crippen LogP contribution in [-0.4, -0.2) is 74.5 Å². The monoisotopic (exact) mass is 564 g/mol. The van der Waals surface area contributed by atoms with Gasteiger partial charge in [0.1, 0.15) is 22.8 Å². The van der Waals surface area contributed by atoms with Crippen LogP contribution in [0.25, 0.3) is 10.9 Å². The Balaban J connectivity index is 1.50. The van der Waals surface area contributed by atoms with Crippen molar-refractivity contribution < 1.29 is 19.1 Å². The maximum absolute atomic E-state index is 14.3. The third-order valence-electron chi connectivity index (χ3n) is 8.06. The molecule has 40 heavy (non-hydrogen) atoms. The van der Waals surface area contributed by atoms with Crippen LogP contribution in [0.3, 0.4) is 0 Å². The van der Waals surface area contributed by atoms with Crippen LogP contribution in [0, 0.1) is 0 Å². The number of carbonyl (C=O) groups is 2. The molecule has 0 atom stereocenters. The largest absolute Gasteiger partial charge is 0.496 e. The fourth-order valence-corrected chi connectivity index (χ4v) is 5.89. The second-order valence-corrected chi connectivity index (χ2v) is 11.3. The molecule has 1 saturated carbocycles. The van der Waals surface area contributed by atoms with Crippen molar-refractivity contribution in [2.24, 2.45) is 0 Å². The average molecular weight is 565 g/mol. The quantitative estimate of drug-likeness (QED) is 0.325. The number of fused-ring (bicyclic) bond motifs is 1. The van der Waals surface area contributed by atoms with E-state index >= 15 is 0 Å². The SMILES string of the molecule is COc1ccc(OC)c2nc(N(C)C)c(CN(CCCN3CCCC3=O)C(=O)C3(c4ccc(Cl)cc4)CC3)cc12. The Morgan fingerprint density at radius 3 is 2.38 bits per heavy atom. The Labute approximate surface area is 240 Å². The van der Waals surface area contributed by atoms with Crippen molar-refractivity contribution in [1.82, 2.24) is 14.8 Å². The van der Waals surface area contributed by atoms with E-state index in [2.05, 4.69) is 6.07 Å². The molecule has 1 aliphatic carbocycles. The highest BCUT2D eigenvalue weighted by Crippen LogP contribution is 2.50. The number of benzene rings is 2. The van der Waals surface area contributed by atoms with Crippen LogP contribution in [-0.2, 0) is 21.5 Å². The first kappa shape index (κ1) is 28.0. The van der Waals surface area contributed by atoms with Crippen LogP contribution in [0.2, 0.25) is 5.02 Å². The maximum atomic E-state index is 14.3. The lowest BCUT2D eigenvalue weighted by molar-refractivity contribution is -0.134. The fraction of sp³-hybridized carbons (Fsp3) is 0.452. The zero-order valence-electron chi connectivity index (χ0n) is 23.7. The van der Waals surface area contributed by atoms with Crippen molar-refractivity contribution in [1.29, 1.82) is 0 Å². The summed E-state index contributed by atoms with van der Waals surface area (Å²) < 4.78 is 11.3. The van der Waals surface area contributed by atoms with Crippen LogP contribution < -0.4 is 14.4 Å². The number of likely N-dealkylation sites (tertiary alicyclic amines) is 1. The third-order valence-corrected chi connectivity index (χ3v) is 8.31. The van der Waals surface area contributed by atoms with Crippen molar-refractivity contribution in [3.63, 3.8) is 0 Å². The molecule has 1 saturated heterocycles. The molecule has 3 aromatic rings. The van der Waals surface area contributed by atoms with E-state index in [9.17, 15) is 9.59 Å². The van der Waals surface area contributed by atoms with Crippen LogP contribution in [0.1, 0.15) is 43.2 Å². The number of halogens is 1. The van der Waals surface area contributed by atoms with Gasteiger partial charge in [-0.05, 0) is 61.6 Å². The molecule has 2 aromatic carbocycles. The van der Waals surface area contributed by atoms with Crippen molar-refractivity contribution in [2.45, 2.75) is 44.1 Å². The van der Waals surface area contributed by atoms with Gasteiger partial charge in [-0.3, -0.25) is 9.59 Å². The molecule has 0 N–H and O–H groups in total. The maximum Gasteiger partial charge on any atom is 0.233 e. The van der Waals surface area contributed by atoms with E-state index in [0.717, 1.165) is 48.1 Å². The zero-order valence-corrected chi connectivity index (χ0v) is 24.5. The lowest BCUT2D eigenvalue weighted by Crippen LogP contribution is -2.41. The molecule has 1 aliphatic heterocycles. The third kappa shape index (κ3) is 5.42. The van der Waals surface area contributed by atoms with Gasteiger partial charge in [-0.15, -0.1) is 0 Å². The predicted octanol–water partition coefficient (Wildman–Crippen LogP) is 5.04. The Bertz CT molecular complexity index is 1400. The average Bonchev–Trinajstić information content (AvgIpc) is 3.66. The van der Waals surface area contributed by atoms with Crippen molar-refractivity contribution >= 4 is 40.1 Å². The summed E-state index contributed by atoms with van der Waals surface area (Å²) >= 11 is 6.16. The lowest BCUT2D eigenvalue weighted by Gasteiger charge is -2.30. The highest BCUT2D eigenvalue weighted by atomic mass is 35.5. The van der Waals surface area contributed by atoms with Gasteiger partial charge in [0, 0.05) is 62.7 Å². The first-order valence-corrected chi connectivity index (χ1v) is 14.2. The molecule has 9 heteroatoms. The summed E-state index contributed by atoms with van der Waals surface area (Å²) in [7, 11) is 7.17. The van der Waals surface area contributed by atoms with Gasteiger partial charge in [0.2, 0.25) is 11.8 Å². The summed E-state index contributed by atoms with van der Waals surface area (Å²) in [5.74, 6) is 2.42. The predicted molar refractivity (Wildman–Crippen MR) is 157 cm³/mol. The second-order valence-electron chi connectivity index (χ2n) is 10.9. The topological polar surface area (TPSA) is 75.2 Å². The molecular weight excluding hydrogens is 528 g/mol. The van der Waals surface area contributed by atoms with Crippen LogP contribution in [0.4, 0.5) is 5.82 Å². The molecule has 2 fully saturated rings. The number of hydrogen-bond donors (Lipinski definition) is 0. The summed E-state index contributed by atoms with van der Waals surface area (Å²) in [6.07, 6.45) is 3.83. The fourth-order valence-electron chi connectivity index (χ4n) is 5.76. The summed E-state index contributed by atoms with van der Waals surface area (Å²) in [6.45, 7) is 2.37. The smallest absolute Gasteiger partial charge is 0.233 e. The van der Waals surface area contributed by atoms with E-state index in [1.807, 2.05) is 65.2 Å². The van der Waals surface area contributed by atoms with Gasteiger partial charge in [0.05, 0.1) is 19.6 Å². The molecule has 212 valence electrons. The number of methoxy groups -OCH3 is 2. The molecular formula is C31H37ClN4O4. The van der Waals surface area contributed by atoms with Crippen LogP contribution in [0.15, 0.2) is 42.5 Å². The van der Waals surface area contributed by atoms with Crippen molar-refractivity contribution in [2.75, 3.05) is 52.8 Å². The number of nitrogens with zero attached hydrogens (tertiary/aromatic N) is 4. The number of aromatic nitrogens is 1. The molecule has 5 rings (SSSR count). The molecule has 8 nitrogen and oxygen atoms in total. The summed E-state index contributed by atoms with van der Waals surface area (Å²) in [6, 6.07) is 13.4. The highest BCUT2D eigenvalue weighted by molar-refractivity contribution is 6.30. The normalized spacial score (nSPS) is 15.8. The Hall–Kier alpha value is -3.52. The number of ether oxygens (including phenoxy) is 2. The van der Waals surface area contributed by atoms with Gasteiger partial charge in [-0.1, -0.05) is 23.7 Å². The summed E-state index contributed by atoms with van der Waals surface area (Å²) in [5, 5.41) is 1.48. The molecule has 2 heterocycles. The molecule has 2 aliphatic rings. The van der Waals surface area contributed by atoms with Crippen LogP contribution in [0.5, 0.6) is 11.5 Å². The van der Waals surface area contributed by atoms with E-state index in [4.69, 9.17) is 26.1 Å². The standard InChI is InChI=1S/C31H37ClN4O4/c1-34(2)29-21(19-24-25(39-3)12-13-26(40-4)28(24)33-29)20-36(18-6-17-35-16-5-7-27(35)37)30(38)31(14-15-31)22-8-10-23(32)11-9-22/h8-13,19H,5-7,14-18,20H2,1-4H3.